The van der Waals surface area contributed by atoms with Gasteiger partial charge in [-0.25, -0.2) is 0 Å². The van der Waals surface area contributed by atoms with Crippen LogP contribution in [-0.2, 0) is 6.42 Å². The van der Waals surface area contributed by atoms with Gasteiger partial charge in [-0.2, -0.15) is 0 Å². The first-order valence-electron chi connectivity index (χ1n) is 8.58. The molecular formula is C24H26O. The van der Waals surface area contributed by atoms with Gasteiger partial charge < -0.3 is 4.74 Å². The maximum Gasteiger partial charge on any atom is 0.126 e. The number of benzene rings is 2. The molecule has 2 aromatic carbocycles. The first-order chi connectivity index (χ1) is 12.2. The van der Waals surface area contributed by atoms with E-state index in [-0.39, 0.29) is 0 Å². The fourth-order valence-electron chi connectivity index (χ4n) is 2.60. The Bertz CT molecular complexity index is 777. The van der Waals surface area contributed by atoms with Gasteiger partial charge in [0, 0.05) is 5.56 Å². The first-order valence-corrected chi connectivity index (χ1v) is 8.58. The van der Waals surface area contributed by atoms with Crippen LogP contribution in [0.3, 0.4) is 0 Å². The standard InChI is InChI=1S/C24H26O/c1-4-11-20(2)12-7-5-10-15-23-19-22(16-17-24(23)25-3)18-21-13-8-6-9-14-21/h4-17,19H,18H2,1-3H3/b7-5+,11-4-,15-10+,20-12-. The predicted molar refractivity (Wildman–Crippen MR) is 109 cm³/mol. The fourth-order valence-corrected chi connectivity index (χ4v) is 2.60. The van der Waals surface area contributed by atoms with Crippen LogP contribution in [0.4, 0.5) is 0 Å². The highest BCUT2D eigenvalue weighted by Crippen LogP contribution is 2.23. The van der Waals surface area contributed by atoms with Gasteiger partial charge in [0.1, 0.15) is 5.75 Å². The van der Waals surface area contributed by atoms with Gasteiger partial charge in [0.05, 0.1) is 7.11 Å². The van der Waals surface area contributed by atoms with Crippen LogP contribution < -0.4 is 4.74 Å². The molecule has 0 saturated carbocycles. The van der Waals surface area contributed by atoms with Crippen molar-refractivity contribution in [1.29, 1.82) is 0 Å². The molecule has 2 rings (SSSR count). The van der Waals surface area contributed by atoms with E-state index in [4.69, 9.17) is 4.74 Å². The lowest BCUT2D eigenvalue weighted by Crippen LogP contribution is -1.92. The summed E-state index contributed by atoms with van der Waals surface area (Å²) in [5, 5.41) is 0. The minimum Gasteiger partial charge on any atom is -0.496 e. The van der Waals surface area contributed by atoms with Gasteiger partial charge in [-0.05, 0) is 43.5 Å². The van der Waals surface area contributed by atoms with Gasteiger partial charge in [0.15, 0.2) is 0 Å². The zero-order valence-electron chi connectivity index (χ0n) is 15.3. The molecule has 0 aliphatic carbocycles. The van der Waals surface area contributed by atoms with Crippen LogP contribution in [0.5, 0.6) is 5.75 Å². The van der Waals surface area contributed by atoms with E-state index in [2.05, 4.69) is 61.5 Å². The Balaban J connectivity index is 2.13. The van der Waals surface area contributed by atoms with Crippen LogP contribution in [0, 0.1) is 0 Å². The van der Waals surface area contributed by atoms with Gasteiger partial charge in [-0.15, -0.1) is 0 Å². The lowest BCUT2D eigenvalue weighted by molar-refractivity contribution is 0.413. The number of hydrogen-bond donors (Lipinski definition) is 0. The van der Waals surface area contributed by atoms with E-state index in [0.29, 0.717) is 0 Å². The van der Waals surface area contributed by atoms with Gasteiger partial charge >= 0.3 is 0 Å². The summed E-state index contributed by atoms with van der Waals surface area (Å²) in [4.78, 5) is 0. The predicted octanol–water partition coefficient (Wildman–Crippen LogP) is 6.38. The Morgan fingerprint density at radius 2 is 1.76 bits per heavy atom. The molecule has 0 fully saturated rings. The third kappa shape index (κ3) is 6.31. The molecule has 0 aliphatic rings. The van der Waals surface area contributed by atoms with Crippen LogP contribution in [0.1, 0.15) is 30.5 Å². The molecule has 0 saturated heterocycles. The van der Waals surface area contributed by atoms with Crippen molar-refractivity contribution in [2.75, 3.05) is 7.11 Å². The van der Waals surface area contributed by atoms with Gasteiger partial charge in [0.25, 0.3) is 0 Å². The minimum absolute atomic E-state index is 0.891. The Kier molecular flexibility index (Phi) is 7.52. The Labute approximate surface area is 151 Å². The van der Waals surface area contributed by atoms with E-state index in [1.807, 2.05) is 43.4 Å². The maximum absolute atomic E-state index is 5.48. The number of rotatable bonds is 7. The average molecular weight is 330 g/mol. The Morgan fingerprint density at radius 3 is 2.48 bits per heavy atom. The van der Waals surface area contributed by atoms with Crippen molar-refractivity contribution in [3.8, 4) is 5.75 Å². The summed E-state index contributed by atoms with van der Waals surface area (Å²) in [6, 6.07) is 16.9. The molecule has 0 radical (unpaired) electrons. The summed E-state index contributed by atoms with van der Waals surface area (Å²) in [5.74, 6) is 0.891. The van der Waals surface area contributed by atoms with Crippen LogP contribution in [-0.4, -0.2) is 7.11 Å². The van der Waals surface area contributed by atoms with E-state index >= 15 is 0 Å². The summed E-state index contributed by atoms with van der Waals surface area (Å²) < 4.78 is 5.48. The van der Waals surface area contributed by atoms with E-state index in [1.165, 1.54) is 16.7 Å². The molecule has 2 aromatic rings. The van der Waals surface area contributed by atoms with Crippen molar-refractivity contribution in [2.45, 2.75) is 20.3 Å². The summed E-state index contributed by atoms with van der Waals surface area (Å²) in [6.07, 6.45) is 15.4. The number of methoxy groups -OCH3 is 1. The number of hydrogen-bond acceptors (Lipinski definition) is 1. The van der Waals surface area contributed by atoms with E-state index in [1.54, 1.807) is 7.11 Å². The average Bonchev–Trinajstić information content (AvgIpc) is 2.63. The summed E-state index contributed by atoms with van der Waals surface area (Å²) >= 11 is 0. The zero-order chi connectivity index (χ0) is 17.9. The molecule has 128 valence electrons. The quantitative estimate of drug-likeness (QED) is 0.535. The fraction of sp³-hybridized carbons (Fsp3) is 0.167. The van der Waals surface area contributed by atoms with Crippen LogP contribution in [0.2, 0.25) is 0 Å². The molecule has 0 unspecified atom stereocenters. The topological polar surface area (TPSA) is 9.23 Å². The third-order valence-corrected chi connectivity index (χ3v) is 3.83. The molecule has 0 bridgehead atoms. The first kappa shape index (κ1) is 18.5. The third-order valence-electron chi connectivity index (χ3n) is 3.83. The zero-order valence-corrected chi connectivity index (χ0v) is 15.3. The van der Waals surface area contributed by atoms with Gasteiger partial charge in [0.2, 0.25) is 0 Å². The monoisotopic (exact) mass is 330 g/mol. The van der Waals surface area contributed by atoms with Crippen LogP contribution >= 0.6 is 0 Å². The molecule has 0 atom stereocenters. The lowest BCUT2D eigenvalue weighted by atomic mass is 10.0. The van der Waals surface area contributed by atoms with Crippen molar-refractivity contribution in [3.63, 3.8) is 0 Å². The van der Waals surface area contributed by atoms with E-state index < -0.39 is 0 Å². The van der Waals surface area contributed by atoms with E-state index in [0.717, 1.165) is 17.7 Å². The summed E-state index contributed by atoms with van der Waals surface area (Å²) in [5.41, 5.74) is 4.91. The molecule has 0 N–H and O–H groups in total. The molecule has 1 nitrogen and oxygen atoms in total. The second kappa shape index (κ2) is 10.1. The normalized spacial score (nSPS) is 12.5. The van der Waals surface area contributed by atoms with Crippen molar-refractivity contribution < 1.29 is 4.74 Å². The highest BCUT2D eigenvalue weighted by molar-refractivity contribution is 5.60. The minimum atomic E-state index is 0.891. The number of allylic oxidation sites excluding steroid dienone is 7. The van der Waals surface area contributed by atoms with Crippen LogP contribution in [0.15, 0.2) is 90.6 Å². The highest BCUT2D eigenvalue weighted by atomic mass is 16.5. The molecule has 0 aliphatic heterocycles. The molecule has 0 aromatic heterocycles. The smallest absolute Gasteiger partial charge is 0.126 e. The molecule has 0 spiro atoms. The maximum atomic E-state index is 5.48. The molecule has 0 amide bonds. The molecule has 25 heavy (non-hydrogen) atoms. The second-order valence-electron chi connectivity index (χ2n) is 5.89. The highest BCUT2D eigenvalue weighted by Gasteiger charge is 2.02. The molecule has 0 heterocycles. The summed E-state index contributed by atoms with van der Waals surface area (Å²) in [6.45, 7) is 4.11. The second-order valence-corrected chi connectivity index (χ2v) is 5.89. The molecule has 1 heteroatoms. The van der Waals surface area contributed by atoms with Crippen molar-refractivity contribution in [3.05, 3.63) is 107 Å². The number of ether oxygens (including phenoxy) is 1. The van der Waals surface area contributed by atoms with Crippen molar-refractivity contribution in [2.24, 2.45) is 0 Å². The largest absolute Gasteiger partial charge is 0.496 e. The lowest BCUT2D eigenvalue weighted by Gasteiger charge is -2.08. The van der Waals surface area contributed by atoms with Gasteiger partial charge in [-0.3, -0.25) is 0 Å². The van der Waals surface area contributed by atoms with E-state index in [9.17, 15) is 0 Å². The van der Waals surface area contributed by atoms with Crippen molar-refractivity contribution >= 4 is 6.08 Å². The van der Waals surface area contributed by atoms with Gasteiger partial charge in [-0.1, -0.05) is 84.5 Å². The Hall–Kier alpha value is -2.80. The van der Waals surface area contributed by atoms with Crippen molar-refractivity contribution in [1.82, 2.24) is 0 Å². The molecular weight excluding hydrogens is 304 g/mol. The summed E-state index contributed by atoms with van der Waals surface area (Å²) in [7, 11) is 1.71. The Morgan fingerprint density at radius 1 is 0.960 bits per heavy atom. The SMILES string of the molecule is C\C=C/C(C)=C\C=C\C=C\c1cc(Cc2ccccc2)ccc1OC. The van der Waals surface area contributed by atoms with Crippen LogP contribution in [0.25, 0.3) is 6.08 Å².